The number of benzene rings is 1. The summed E-state index contributed by atoms with van der Waals surface area (Å²) in [6.07, 6.45) is -1.82. The molecule has 30 N–H and O–H groups in total. The number of primary amides is 1. The van der Waals surface area contributed by atoms with Gasteiger partial charge >= 0.3 is 11.9 Å². The van der Waals surface area contributed by atoms with Crippen LogP contribution in [0.25, 0.3) is 0 Å². The highest BCUT2D eigenvalue weighted by atomic mass is 16.4. The molecule has 0 radical (unpaired) electrons. The third-order valence-electron chi connectivity index (χ3n) is 12.3. The molecule has 1 aromatic carbocycles. The maximum absolute atomic E-state index is 14.2. The largest absolute Gasteiger partial charge is 0.508 e. The molecule has 37 nitrogen and oxygen atoms in total. The van der Waals surface area contributed by atoms with Gasteiger partial charge in [0.2, 0.25) is 59.1 Å². The lowest BCUT2D eigenvalue weighted by atomic mass is 10.0. The van der Waals surface area contributed by atoms with Gasteiger partial charge in [-0.1, -0.05) is 18.6 Å². The summed E-state index contributed by atoms with van der Waals surface area (Å²) in [6.45, 7) is -4.49. The van der Waals surface area contributed by atoms with Crippen LogP contribution in [0.3, 0.4) is 0 Å². The van der Waals surface area contributed by atoms with Crippen molar-refractivity contribution in [2.75, 3.05) is 46.1 Å². The summed E-state index contributed by atoms with van der Waals surface area (Å²) in [5.41, 5.74) is 38.4. The molecule has 10 atom stereocenters. The Morgan fingerprint density at radius 3 is 1.12 bits per heavy atom. The monoisotopic (exact) mass is 1230 g/mol. The SMILES string of the molecule is NCCCC[C@H](N)C(=O)N[C@@H](CCCN=C(N)N)C(=O)N[C@@H](CO)C(=O)N[C@@H](Cc1ccc(O)cc1)C(=O)N[C@@H](CCC(=O)O)C(=O)N[C@@H](CO)C(=O)N[C@@H](CO)C(=O)N[C@@H](CO)C(=O)N[C@@H](CCCN=C(N)N)C(=O)N[C@@H](CCC(N)=O)C(=O)O. The average molecular weight is 1230 g/mol. The fraction of sp³-hybridized carbons (Fsp3) is 0.592. The van der Waals surface area contributed by atoms with Gasteiger partial charge in [0.05, 0.1) is 32.5 Å². The number of rotatable bonds is 43. The second-order valence-electron chi connectivity index (χ2n) is 19.2. The third-order valence-corrected chi connectivity index (χ3v) is 12.3. The Balaban J connectivity index is 3.42. The van der Waals surface area contributed by atoms with E-state index < -0.39 is 190 Å². The number of phenolic OH excluding ortho intramolecular Hbond substituents is 1. The molecule has 0 heterocycles. The van der Waals surface area contributed by atoms with Crippen LogP contribution in [0.1, 0.15) is 76.2 Å². The van der Waals surface area contributed by atoms with Crippen LogP contribution in [0.4, 0.5) is 0 Å². The highest BCUT2D eigenvalue weighted by Crippen LogP contribution is 2.13. The quantitative estimate of drug-likeness (QED) is 0.0164. The van der Waals surface area contributed by atoms with Crippen molar-refractivity contribution in [2.24, 2.45) is 50.1 Å². The summed E-state index contributed by atoms with van der Waals surface area (Å²) < 4.78 is 0. The van der Waals surface area contributed by atoms with Gasteiger partial charge in [0.15, 0.2) is 11.9 Å². The molecular formula is C49H82N18O19. The van der Waals surface area contributed by atoms with Crippen molar-refractivity contribution in [1.82, 2.24) is 47.9 Å². The van der Waals surface area contributed by atoms with Crippen LogP contribution >= 0.6 is 0 Å². The van der Waals surface area contributed by atoms with E-state index in [1.807, 2.05) is 10.6 Å². The van der Waals surface area contributed by atoms with Gasteiger partial charge < -0.3 is 124 Å². The van der Waals surface area contributed by atoms with Gasteiger partial charge in [-0.2, -0.15) is 0 Å². The van der Waals surface area contributed by atoms with Crippen molar-refractivity contribution in [1.29, 1.82) is 0 Å². The van der Waals surface area contributed by atoms with Crippen molar-refractivity contribution >= 4 is 82.9 Å². The summed E-state index contributed by atoms with van der Waals surface area (Å²) >= 11 is 0. The van der Waals surface area contributed by atoms with Crippen molar-refractivity contribution in [3.63, 3.8) is 0 Å². The zero-order chi connectivity index (χ0) is 65.1. The highest BCUT2D eigenvalue weighted by molar-refractivity contribution is 5.99. The van der Waals surface area contributed by atoms with E-state index in [-0.39, 0.29) is 68.4 Å². The molecule has 0 fully saturated rings. The third kappa shape index (κ3) is 29.5. The number of aliphatic hydroxyl groups is 4. The molecule has 1 aromatic rings. The maximum Gasteiger partial charge on any atom is 0.326 e. The summed E-state index contributed by atoms with van der Waals surface area (Å²) in [4.78, 5) is 165. The van der Waals surface area contributed by atoms with Crippen LogP contribution in [0.2, 0.25) is 0 Å². The molecule has 86 heavy (non-hydrogen) atoms. The van der Waals surface area contributed by atoms with Gasteiger partial charge in [-0.25, -0.2) is 4.79 Å². The Morgan fingerprint density at radius 2 is 0.756 bits per heavy atom. The normalized spacial score (nSPS) is 14.3. The molecule has 1 rings (SSSR count). The summed E-state index contributed by atoms with van der Waals surface area (Å²) in [5, 5.41) is 89.7. The van der Waals surface area contributed by atoms with E-state index in [1.54, 1.807) is 0 Å². The fourth-order valence-electron chi connectivity index (χ4n) is 7.58. The molecular weight excluding hydrogens is 1140 g/mol. The van der Waals surface area contributed by atoms with E-state index in [0.717, 1.165) is 0 Å². The molecule has 0 aromatic heterocycles. The number of aliphatic hydroxyl groups excluding tert-OH is 4. The van der Waals surface area contributed by atoms with Gasteiger partial charge in [0.25, 0.3) is 0 Å². The predicted octanol–water partition coefficient (Wildman–Crippen LogP) is -11.0. The van der Waals surface area contributed by atoms with E-state index >= 15 is 0 Å². The second kappa shape index (κ2) is 40.3. The molecule has 0 aliphatic heterocycles. The Kier molecular flexibility index (Phi) is 35.1. The van der Waals surface area contributed by atoms with Crippen molar-refractivity contribution in [3.8, 4) is 5.75 Å². The number of carboxylic acid groups (broad SMARTS) is 2. The molecule has 0 saturated carbocycles. The van der Waals surface area contributed by atoms with Crippen LogP contribution in [-0.4, -0.2) is 225 Å². The number of phenols is 1. The molecule has 0 unspecified atom stereocenters. The van der Waals surface area contributed by atoms with Crippen molar-refractivity contribution in [3.05, 3.63) is 29.8 Å². The molecule has 0 aliphatic carbocycles. The number of hydrogen-bond donors (Lipinski definition) is 23. The first kappa shape index (κ1) is 75.0. The number of aliphatic imine (C=N–C) groups is 2. The Morgan fingerprint density at radius 1 is 0.419 bits per heavy atom. The highest BCUT2D eigenvalue weighted by Gasteiger charge is 2.36. The number of carboxylic acids is 2. The Bertz CT molecular complexity index is 2500. The smallest absolute Gasteiger partial charge is 0.326 e. The number of carbonyl (C=O) groups is 12. The van der Waals surface area contributed by atoms with E-state index in [1.165, 1.54) is 24.3 Å². The Hall–Kier alpha value is -9.04. The summed E-state index contributed by atoms with van der Waals surface area (Å²) in [6, 6.07) is -12.0. The van der Waals surface area contributed by atoms with Crippen molar-refractivity contribution in [2.45, 2.75) is 137 Å². The van der Waals surface area contributed by atoms with Crippen molar-refractivity contribution < 1.29 is 93.3 Å². The van der Waals surface area contributed by atoms with Crippen LogP contribution in [-0.2, 0) is 64.0 Å². The zero-order valence-electron chi connectivity index (χ0n) is 47.0. The lowest BCUT2D eigenvalue weighted by Gasteiger charge is -2.27. The fourth-order valence-corrected chi connectivity index (χ4v) is 7.58. The van der Waals surface area contributed by atoms with Crippen LogP contribution in [0.15, 0.2) is 34.3 Å². The van der Waals surface area contributed by atoms with E-state index in [2.05, 4.69) is 47.2 Å². The lowest BCUT2D eigenvalue weighted by molar-refractivity contribution is -0.143. The minimum Gasteiger partial charge on any atom is -0.508 e. The first-order valence-electron chi connectivity index (χ1n) is 26.8. The van der Waals surface area contributed by atoms with Gasteiger partial charge in [-0.15, -0.1) is 0 Å². The standard InChI is InChI=1S/C49H82N18O19/c50-16-2-1-5-26(51)38(76)59-27(6-3-17-57-48(53)54)40(78)64-33(21-69)44(82)63-31(19-24-8-10-25(72)11-9-24)42(80)61-29(13-15-37(74)75)41(79)65-34(22-70)45(83)67-35(23-71)46(84)66-32(20-68)43(81)60-28(7-4-18-58-49(55)56)39(77)62-30(47(85)86)12-14-36(52)73/h8-11,26-35,68-72H,1-7,12-23,50-51H2,(H2,52,73)(H,59,76)(H,60,81)(H,61,80)(H,62,77)(H,63,82)(H,64,78)(H,65,79)(H,66,84)(H,67,83)(H,74,75)(H,85,86)(H4,53,54,57)(H4,55,56,58)/t26-,27-,28-,29-,30-,31-,32-,33-,34-,35-/m0/s1. The first-order valence-corrected chi connectivity index (χ1v) is 26.8. The first-order chi connectivity index (χ1) is 40.6. The molecule has 482 valence electrons. The topological polar surface area (TPSA) is 662 Å². The summed E-state index contributed by atoms with van der Waals surface area (Å²) in [5.74, 6) is -15.3. The van der Waals surface area contributed by atoms with Gasteiger partial charge in [-0.05, 0) is 75.6 Å². The maximum atomic E-state index is 14.2. The predicted molar refractivity (Wildman–Crippen MR) is 301 cm³/mol. The number of hydrogen-bond acceptors (Lipinski definition) is 21. The second-order valence-corrected chi connectivity index (χ2v) is 19.2. The number of carbonyl (C=O) groups excluding carboxylic acids is 10. The molecule has 0 bridgehead atoms. The number of nitrogens with two attached hydrogens (primary N) is 7. The zero-order valence-corrected chi connectivity index (χ0v) is 47.0. The minimum absolute atomic E-state index is 0.00150. The number of nitrogens with one attached hydrogen (secondary N) is 9. The average Bonchev–Trinajstić information content (AvgIpc) is 3.60. The van der Waals surface area contributed by atoms with E-state index in [0.29, 0.717) is 19.4 Å². The van der Waals surface area contributed by atoms with E-state index in [9.17, 15) is 93.3 Å². The number of nitrogens with zero attached hydrogens (tertiary/aromatic N) is 2. The number of guanidine groups is 2. The molecule has 0 saturated heterocycles. The van der Waals surface area contributed by atoms with Crippen LogP contribution in [0, 0.1) is 0 Å². The van der Waals surface area contributed by atoms with E-state index in [4.69, 9.17) is 40.1 Å². The Labute approximate surface area is 492 Å². The minimum atomic E-state index is -2.05. The molecule has 37 heteroatoms. The van der Waals surface area contributed by atoms with Crippen LogP contribution in [0.5, 0.6) is 5.75 Å². The van der Waals surface area contributed by atoms with Crippen LogP contribution < -0.4 is 88.0 Å². The van der Waals surface area contributed by atoms with Gasteiger partial charge in [0, 0.05) is 32.4 Å². The van der Waals surface area contributed by atoms with Gasteiger partial charge in [0.1, 0.15) is 60.1 Å². The molecule has 0 spiro atoms. The summed E-state index contributed by atoms with van der Waals surface area (Å²) in [7, 11) is 0. The number of aromatic hydroxyl groups is 1. The lowest BCUT2D eigenvalue weighted by Crippen LogP contribution is -2.62. The van der Waals surface area contributed by atoms with Gasteiger partial charge in [-0.3, -0.25) is 62.7 Å². The number of amides is 10. The number of unbranched alkanes of at least 4 members (excludes halogenated alkanes) is 1. The number of aliphatic carboxylic acids is 2. The molecule has 0 aliphatic rings. The molecule has 10 amide bonds.